The first-order valence-corrected chi connectivity index (χ1v) is 5.17. The molecule has 0 heteroatoms. The predicted molar refractivity (Wildman–Crippen MR) is 68.5 cm³/mol. The van der Waals surface area contributed by atoms with Crippen LogP contribution < -0.4 is 0 Å². The smallest absolute Gasteiger partial charge is 0.0207 e. The van der Waals surface area contributed by atoms with Crippen LogP contribution in [0.5, 0.6) is 0 Å². The third kappa shape index (κ3) is 6.47. The number of hydrogen-bond donors (Lipinski definition) is 0. The minimum Gasteiger partial charge on any atom is -0.0988 e. The average Bonchev–Trinajstić information content (AvgIpc) is 2.19. The van der Waals surface area contributed by atoms with E-state index in [1.165, 1.54) is 23.1 Å². The van der Waals surface area contributed by atoms with E-state index >= 15 is 0 Å². The number of hydrogen-bond acceptors (Lipinski definition) is 0. The van der Waals surface area contributed by atoms with Crippen molar-refractivity contribution in [3.05, 3.63) is 48.1 Å². The van der Waals surface area contributed by atoms with E-state index in [0.717, 1.165) is 0 Å². The lowest BCUT2D eigenvalue weighted by Crippen LogP contribution is -1.84. The highest BCUT2D eigenvalue weighted by Gasteiger charge is 1.95. The van der Waals surface area contributed by atoms with Gasteiger partial charge in [0.25, 0.3) is 0 Å². The van der Waals surface area contributed by atoms with Gasteiger partial charge in [0, 0.05) is 0 Å². The van der Waals surface area contributed by atoms with Crippen LogP contribution in [0.3, 0.4) is 0 Å². The Morgan fingerprint density at radius 1 is 1.07 bits per heavy atom. The average molecular weight is 192 g/mol. The molecule has 0 atom stereocenters. The zero-order valence-electron chi connectivity index (χ0n) is 10.4. The molecule has 0 heterocycles. The van der Waals surface area contributed by atoms with Crippen LogP contribution in [0.1, 0.15) is 41.0 Å². The Morgan fingerprint density at radius 2 is 1.50 bits per heavy atom. The molecule has 0 radical (unpaired) electrons. The van der Waals surface area contributed by atoms with E-state index < -0.39 is 0 Å². The molecule has 0 aliphatic carbocycles. The highest BCUT2D eigenvalue weighted by atomic mass is 14.0. The normalized spacial score (nSPS) is 12.2. The highest BCUT2D eigenvalue weighted by molar-refractivity contribution is 5.43. The molecule has 0 saturated heterocycles. The van der Waals surface area contributed by atoms with Crippen LogP contribution >= 0.6 is 0 Å². The van der Waals surface area contributed by atoms with Crippen LogP contribution in [0.4, 0.5) is 0 Å². The van der Waals surface area contributed by atoms with Crippen molar-refractivity contribution in [1.82, 2.24) is 0 Å². The Kier molecular flexibility index (Phi) is 11.1. The molecule has 0 aromatic carbocycles. The lowest BCUT2D eigenvalue weighted by atomic mass is 10.0. The van der Waals surface area contributed by atoms with Crippen molar-refractivity contribution in [2.45, 2.75) is 41.0 Å². The summed E-state index contributed by atoms with van der Waals surface area (Å²) in [6, 6.07) is 0. The SMILES string of the molecule is C=C/C(C)=C(C=C)\C(C)=C/C.CCC. The molecular weight excluding hydrogens is 168 g/mol. The minimum absolute atomic E-state index is 1.18. The van der Waals surface area contributed by atoms with E-state index in [-0.39, 0.29) is 0 Å². The van der Waals surface area contributed by atoms with Crippen LogP contribution in [0.25, 0.3) is 0 Å². The molecule has 0 aliphatic rings. The summed E-state index contributed by atoms with van der Waals surface area (Å²) in [5.74, 6) is 0. The Labute approximate surface area is 89.7 Å². The quantitative estimate of drug-likeness (QED) is 0.548. The molecular formula is C14H24. The molecule has 0 amide bonds. The molecule has 0 nitrogen and oxygen atoms in total. The molecule has 0 N–H and O–H groups in total. The molecule has 80 valence electrons. The molecule has 14 heavy (non-hydrogen) atoms. The fourth-order valence-electron chi connectivity index (χ4n) is 0.898. The van der Waals surface area contributed by atoms with Gasteiger partial charge in [-0.3, -0.25) is 0 Å². The maximum absolute atomic E-state index is 3.75. The van der Waals surface area contributed by atoms with Gasteiger partial charge in [0.1, 0.15) is 0 Å². The van der Waals surface area contributed by atoms with Gasteiger partial charge in [-0.25, -0.2) is 0 Å². The Hall–Kier alpha value is -1.04. The van der Waals surface area contributed by atoms with Crippen LogP contribution in [0.15, 0.2) is 48.1 Å². The van der Waals surface area contributed by atoms with Gasteiger partial charge in [0.05, 0.1) is 0 Å². The first-order valence-electron chi connectivity index (χ1n) is 5.17. The standard InChI is InChI=1S/C11H16.C3H8/c1-6-9(4)11(8-3)10(5)7-2;1-3-2/h6-8H,1,3H2,2,4-5H3;3H2,1-2H3/b10-7-,11-9-;. The van der Waals surface area contributed by atoms with Crippen molar-refractivity contribution >= 4 is 0 Å². The molecule has 0 fully saturated rings. The summed E-state index contributed by atoms with van der Waals surface area (Å²) in [7, 11) is 0. The van der Waals surface area contributed by atoms with E-state index in [1.54, 1.807) is 0 Å². The van der Waals surface area contributed by atoms with Gasteiger partial charge in [-0.2, -0.15) is 0 Å². The van der Waals surface area contributed by atoms with Crippen LogP contribution in [-0.4, -0.2) is 0 Å². The van der Waals surface area contributed by atoms with Crippen molar-refractivity contribution in [3.63, 3.8) is 0 Å². The van der Waals surface area contributed by atoms with E-state index in [1.807, 2.05) is 26.0 Å². The predicted octanol–water partition coefficient (Wildman–Crippen LogP) is 5.06. The van der Waals surface area contributed by atoms with Crippen LogP contribution in [0.2, 0.25) is 0 Å². The molecule has 0 rings (SSSR count). The first-order chi connectivity index (χ1) is 6.58. The molecule has 0 aromatic rings. The second-order valence-electron chi connectivity index (χ2n) is 3.18. The zero-order valence-corrected chi connectivity index (χ0v) is 10.4. The molecule has 0 aliphatic heterocycles. The summed E-state index contributed by atoms with van der Waals surface area (Å²) >= 11 is 0. The Morgan fingerprint density at radius 3 is 1.71 bits per heavy atom. The largest absolute Gasteiger partial charge is 0.0988 e. The molecule has 0 spiro atoms. The van der Waals surface area contributed by atoms with Crippen molar-refractivity contribution in [2.24, 2.45) is 0 Å². The number of rotatable bonds is 3. The van der Waals surface area contributed by atoms with Gasteiger partial charge in [-0.1, -0.05) is 51.7 Å². The summed E-state index contributed by atoms with van der Waals surface area (Å²) in [6.45, 7) is 17.9. The lowest BCUT2D eigenvalue weighted by Gasteiger charge is -2.03. The Bertz CT molecular complexity index is 226. The molecule has 0 aromatic heterocycles. The minimum atomic E-state index is 1.18. The Balaban J connectivity index is 0. The van der Waals surface area contributed by atoms with Gasteiger partial charge < -0.3 is 0 Å². The fraction of sp³-hybridized carbons (Fsp3) is 0.429. The summed E-state index contributed by atoms with van der Waals surface area (Å²) in [5.41, 5.74) is 3.61. The van der Waals surface area contributed by atoms with E-state index in [0.29, 0.717) is 0 Å². The van der Waals surface area contributed by atoms with Crippen LogP contribution in [0, 0.1) is 0 Å². The van der Waals surface area contributed by atoms with Crippen molar-refractivity contribution in [3.8, 4) is 0 Å². The molecule has 0 unspecified atom stereocenters. The highest BCUT2D eigenvalue weighted by Crippen LogP contribution is 2.15. The molecule has 0 saturated carbocycles. The lowest BCUT2D eigenvalue weighted by molar-refractivity contribution is 1.09. The van der Waals surface area contributed by atoms with Crippen LogP contribution in [-0.2, 0) is 0 Å². The van der Waals surface area contributed by atoms with Gasteiger partial charge in [0.2, 0.25) is 0 Å². The maximum atomic E-state index is 3.75. The van der Waals surface area contributed by atoms with E-state index in [2.05, 4.69) is 40.0 Å². The van der Waals surface area contributed by atoms with Crippen molar-refractivity contribution in [1.29, 1.82) is 0 Å². The first kappa shape index (κ1) is 15.4. The zero-order chi connectivity index (χ0) is 11.6. The van der Waals surface area contributed by atoms with Gasteiger partial charge in [-0.15, -0.1) is 0 Å². The second kappa shape index (κ2) is 10.0. The third-order valence-corrected chi connectivity index (χ3v) is 1.79. The third-order valence-electron chi connectivity index (χ3n) is 1.79. The van der Waals surface area contributed by atoms with Gasteiger partial charge >= 0.3 is 0 Å². The topological polar surface area (TPSA) is 0 Å². The van der Waals surface area contributed by atoms with Gasteiger partial charge in [0.15, 0.2) is 0 Å². The van der Waals surface area contributed by atoms with E-state index in [4.69, 9.17) is 0 Å². The second-order valence-corrected chi connectivity index (χ2v) is 3.18. The monoisotopic (exact) mass is 192 g/mol. The van der Waals surface area contributed by atoms with Crippen molar-refractivity contribution in [2.75, 3.05) is 0 Å². The number of allylic oxidation sites excluding steroid dienone is 6. The molecule has 0 bridgehead atoms. The maximum Gasteiger partial charge on any atom is -0.0207 e. The summed E-state index contributed by atoms with van der Waals surface area (Å²) < 4.78 is 0. The van der Waals surface area contributed by atoms with E-state index in [9.17, 15) is 0 Å². The van der Waals surface area contributed by atoms with Crippen molar-refractivity contribution < 1.29 is 0 Å². The summed E-state index contributed by atoms with van der Waals surface area (Å²) in [5, 5.41) is 0. The van der Waals surface area contributed by atoms with Gasteiger partial charge in [-0.05, 0) is 37.5 Å². The summed E-state index contributed by atoms with van der Waals surface area (Å²) in [4.78, 5) is 0. The summed E-state index contributed by atoms with van der Waals surface area (Å²) in [6.07, 6.45) is 7.04. The fourth-order valence-corrected chi connectivity index (χ4v) is 0.898.